The summed E-state index contributed by atoms with van der Waals surface area (Å²) in [7, 11) is 1.46. The lowest BCUT2D eigenvalue weighted by Crippen LogP contribution is -2.14. The smallest absolute Gasteiger partial charge is 0.266 e. The number of nitrogens with zero attached hydrogens (tertiary/aromatic N) is 1. The number of anilines is 1. The van der Waals surface area contributed by atoms with Crippen molar-refractivity contribution in [1.29, 1.82) is 5.26 Å². The molecule has 23 heavy (non-hydrogen) atoms. The molecule has 0 atom stereocenters. The molecule has 0 saturated carbocycles. The van der Waals surface area contributed by atoms with Gasteiger partial charge in [0.05, 0.1) is 12.8 Å². The van der Waals surface area contributed by atoms with Crippen LogP contribution in [0, 0.1) is 17.1 Å². The highest BCUT2D eigenvalue weighted by Crippen LogP contribution is 2.28. The Morgan fingerprint density at radius 2 is 2.00 bits per heavy atom. The maximum Gasteiger partial charge on any atom is 0.266 e. The highest BCUT2D eigenvalue weighted by Gasteiger charge is 2.13. The van der Waals surface area contributed by atoms with Crippen molar-refractivity contribution in [1.82, 2.24) is 0 Å². The lowest BCUT2D eigenvalue weighted by atomic mass is 10.1. The summed E-state index contributed by atoms with van der Waals surface area (Å²) in [6.45, 7) is 0. The van der Waals surface area contributed by atoms with Gasteiger partial charge in [-0.1, -0.05) is 23.7 Å². The number of nitrogens with one attached hydrogen (secondary N) is 1. The second kappa shape index (κ2) is 7.43. The molecule has 0 aliphatic heterocycles. The van der Waals surface area contributed by atoms with Gasteiger partial charge in [-0.15, -0.1) is 0 Å². The maximum atomic E-state index is 12.9. The van der Waals surface area contributed by atoms with Gasteiger partial charge in [-0.3, -0.25) is 4.79 Å². The molecule has 0 fully saturated rings. The Hall–Kier alpha value is -2.84. The molecule has 6 heteroatoms. The molecule has 1 amide bonds. The minimum Gasteiger partial charge on any atom is -0.495 e. The van der Waals surface area contributed by atoms with Gasteiger partial charge >= 0.3 is 0 Å². The van der Waals surface area contributed by atoms with Crippen molar-refractivity contribution < 1.29 is 13.9 Å². The van der Waals surface area contributed by atoms with Crippen LogP contribution in [0.1, 0.15) is 5.56 Å². The average molecular weight is 331 g/mol. The highest BCUT2D eigenvalue weighted by molar-refractivity contribution is 6.31. The van der Waals surface area contributed by atoms with E-state index in [-0.39, 0.29) is 5.57 Å². The summed E-state index contributed by atoms with van der Waals surface area (Å²) in [6, 6.07) is 12.0. The molecule has 116 valence electrons. The third-order valence-electron chi connectivity index (χ3n) is 2.96. The number of hydrogen-bond acceptors (Lipinski definition) is 3. The molecule has 4 nitrogen and oxygen atoms in total. The molecule has 0 saturated heterocycles. The summed E-state index contributed by atoms with van der Waals surface area (Å²) in [5.41, 5.74) is 0.764. The van der Waals surface area contributed by atoms with Crippen molar-refractivity contribution in [3.8, 4) is 11.8 Å². The fourth-order valence-electron chi connectivity index (χ4n) is 1.84. The zero-order valence-electron chi connectivity index (χ0n) is 12.1. The van der Waals surface area contributed by atoms with Crippen LogP contribution in [0.4, 0.5) is 10.1 Å². The molecule has 0 bridgehead atoms. The maximum absolute atomic E-state index is 12.9. The summed E-state index contributed by atoms with van der Waals surface area (Å²) < 4.78 is 18.0. The predicted octanol–water partition coefficient (Wildman–Crippen LogP) is 4.03. The molecule has 1 N–H and O–H groups in total. The van der Waals surface area contributed by atoms with Crippen molar-refractivity contribution in [3.63, 3.8) is 0 Å². The van der Waals surface area contributed by atoms with Gasteiger partial charge < -0.3 is 10.1 Å². The average Bonchev–Trinajstić information content (AvgIpc) is 2.54. The molecule has 0 unspecified atom stereocenters. The molecule has 0 heterocycles. The van der Waals surface area contributed by atoms with Gasteiger partial charge in [-0.2, -0.15) is 5.26 Å². The topological polar surface area (TPSA) is 62.1 Å². The molecule has 0 radical (unpaired) electrons. The van der Waals surface area contributed by atoms with Gasteiger partial charge in [-0.25, -0.2) is 4.39 Å². The van der Waals surface area contributed by atoms with Crippen LogP contribution in [-0.4, -0.2) is 13.0 Å². The van der Waals surface area contributed by atoms with Gasteiger partial charge in [-0.05, 0) is 42.0 Å². The van der Waals surface area contributed by atoms with Crippen LogP contribution in [0.3, 0.4) is 0 Å². The van der Waals surface area contributed by atoms with Crippen LogP contribution in [0.2, 0.25) is 5.02 Å². The van der Waals surface area contributed by atoms with Gasteiger partial charge in [0.25, 0.3) is 5.91 Å². The Morgan fingerprint density at radius 1 is 1.30 bits per heavy atom. The molecule has 0 aromatic heterocycles. The SMILES string of the molecule is COc1ccc(Cl)cc1NC(=O)/C(C#N)=C/c1ccc(F)cc1. The molecule has 2 aromatic rings. The molecule has 2 rings (SSSR count). The molecular formula is C17H12ClFN2O2. The standard InChI is InChI=1S/C17H12ClFN2O2/c1-23-16-7-4-13(18)9-15(16)21-17(22)12(10-20)8-11-2-5-14(19)6-3-11/h2-9H,1H3,(H,21,22)/b12-8+. The fraction of sp³-hybridized carbons (Fsp3) is 0.0588. The van der Waals surface area contributed by atoms with E-state index in [4.69, 9.17) is 21.6 Å². The normalized spacial score (nSPS) is 10.8. The summed E-state index contributed by atoms with van der Waals surface area (Å²) in [4.78, 5) is 12.2. The lowest BCUT2D eigenvalue weighted by Gasteiger charge is -2.10. The van der Waals surface area contributed by atoms with Crippen LogP contribution >= 0.6 is 11.6 Å². The van der Waals surface area contributed by atoms with E-state index in [2.05, 4.69) is 5.32 Å². The number of hydrogen-bond donors (Lipinski definition) is 1. The van der Waals surface area contributed by atoms with Gasteiger partial charge in [0.15, 0.2) is 0 Å². The number of amides is 1. The van der Waals surface area contributed by atoms with E-state index in [1.165, 1.54) is 43.5 Å². The summed E-state index contributed by atoms with van der Waals surface area (Å²) in [6.07, 6.45) is 1.37. The molecule has 2 aromatic carbocycles. The zero-order chi connectivity index (χ0) is 16.8. The monoisotopic (exact) mass is 330 g/mol. The van der Waals surface area contributed by atoms with E-state index in [9.17, 15) is 9.18 Å². The second-order valence-electron chi connectivity index (χ2n) is 4.52. The first-order chi connectivity index (χ1) is 11.0. The van der Waals surface area contributed by atoms with E-state index >= 15 is 0 Å². The van der Waals surface area contributed by atoms with Crippen LogP contribution in [-0.2, 0) is 4.79 Å². The number of nitriles is 1. The third-order valence-corrected chi connectivity index (χ3v) is 3.19. The summed E-state index contributed by atoms with van der Waals surface area (Å²) >= 11 is 5.89. The second-order valence-corrected chi connectivity index (χ2v) is 4.96. The molecule has 0 aliphatic rings. The van der Waals surface area contributed by atoms with E-state index in [0.29, 0.717) is 22.0 Å². The Kier molecular flexibility index (Phi) is 5.34. The Balaban J connectivity index is 2.26. The largest absolute Gasteiger partial charge is 0.495 e. The van der Waals surface area contributed by atoms with Crippen molar-refractivity contribution in [2.75, 3.05) is 12.4 Å². The molecule has 0 aliphatic carbocycles. The molecule has 0 spiro atoms. The number of rotatable bonds is 4. The van der Waals surface area contributed by atoms with Crippen molar-refractivity contribution in [2.24, 2.45) is 0 Å². The Bertz CT molecular complexity index is 795. The number of carbonyl (C=O) groups excluding carboxylic acids is 1. The first-order valence-electron chi connectivity index (χ1n) is 6.55. The minimum absolute atomic E-state index is 0.126. The van der Waals surface area contributed by atoms with Crippen molar-refractivity contribution in [3.05, 3.63) is 64.4 Å². The number of carbonyl (C=O) groups is 1. The van der Waals surface area contributed by atoms with Crippen LogP contribution in [0.15, 0.2) is 48.0 Å². The fourth-order valence-corrected chi connectivity index (χ4v) is 2.01. The Labute approximate surface area is 137 Å². The van der Waals surface area contributed by atoms with Crippen molar-refractivity contribution in [2.45, 2.75) is 0 Å². The molecular weight excluding hydrogens is 319 g/mol. The van der Waals surface area contributed by atoms with Crippen LogP contribution in [0.5, 0.6) is 5.75 Å². The van der Waals surface area contributed by atoms with Crippen molar-refractivity contribution >= 4 is 29.3 Å². The van der Waals surface area contributed by atoms with E-state index in [1.54, 1.807) is 12.1 Å². The van der Waals surface area contributed by atoms with Crippen LogP contribution in [0.25, 0.3) is 6.08 Å². The first-order valence-corrected chi connectivity index (χ1v) is 6.93. The number of halogens is 2. The van der Waals surface area contributed by atoms with Gasteiger partial charge in [0.1, 0.15) is 23.2 Å². The highest BCUT2D eigenvalue weighted by atomic mass is 35.5. The third kappa shape index (κ3) is 4.31. The first kappa shape index (κ1) is 16.5. The summed E-state index contributed by atoms with van der Waals surface area (Å²) in [5.74, 6) is -0.590. The Morgan fingerprint density at radius 3 is 2.61 bits per heavy atom. The van der Waals surface area contributed by atoms with E-state index < -0.39 is 11.7 Å². The zero-order valence-corrected chi connectivity index (χ0v) is 12.9. The minimum atomic E-state index is -0.614. The van der Waals surface area contributed by atoms with E-state index in [0.717, 1.165) is 0 Å². The van der Waals surface area contributed by atoms with Gasteiger partial charge in [0.2, 0.25) is 0 Å². The number of methoxy groups -OCH3 is 1. The predicted molar refractivity (Wildman–Crippen MR) is 86.6 cm³/mol. The number of benzene rings is 2. The lowest BCUT2D eigenvalue weighted by molar-refractivity contribution is -0.112. The van der Waals surface area contributed by atoms with Crippen LogP contribution < -0.4 is 10.1 Å². The number of ether oxygens (including phenoxy) is 1. The summed E-state index contributed by atoms with van der Waals surface area (Å²) in [5, 5.41) is 12.2. The van der Waals surface area contributed by atoms with Gasteiger partial charge in [0, 0.05) is 5.02 Å². The van der Waals surface area contributed by atoms with E-state index in [1.807, 2.05) is 6.07 Å². The quantitative estimate of drug-likeness (QED) is 0.680.